The van der Waals surface area contributed by atoms with Crippen LogP contribution in [-0.2, 0) is 22.6 Å². The van der Waals surface area contributed by atoms with Crippen LogP contribution < -0.4 is 21.3 Å². The van der Waals surface area contributed by atoms with Gasteiger partial charge in [-0.25, -0.2) is 9.37 Å². The Bertz CT molecular complexity index is 1770. The van der Waals surface area contributed by atoms with E-state index in [1.807, 2.05) is 49.4 Å². The average Bonchev–Trinajstić information content (AvgIpc) is 3.78. The molecule has 55 heavy (non-hydrogen) atoms. The largest absolute Gasteiger partial charge is 0.393 e. The van der Waals surface area contributed by atoms with Crippen molar-refractivity contribution in [1.29, 1.82) is 0 Å². The molecule has 9 atom stereocenters. The zero-order valence-corrected chi connectivity index (χ0v) is 35.0. The Morgan fingerprint density at radius 2 is 1.89 bits per heavy atom. The molecule has 0 radical (unpaired) electrons. The van der Waals surface area contributed by atoms with Gasteiger partial charge in [0.05, 0.1) is 30.0 Å². The van der Waals surface area contributed by atoms with Gasteiger partial charge in [0.1, 0.15) is 11.9 Å². The maximum absolute atomic E-state index is 16.8. The SMILES string of the molecule is C[C@@H]1[C@@H](NC(=O)[C@@H]2[C@H]([C@H](C)O)[C@H](CN)ON2Cc2cccc(-c3cc(C(=O)N[C@@H](Cc4cscn4)CN(C)C)cc(N(C)C)c3)c2F)C[C@@H](C)C(C)(C)[C@H]1C. The van der Waals surface area contributed by atoms with Gasteiger partial charge in [0.2, 0.25) is 5.91 Å². The number of nitrogens with one attached hydrogen (secondary N) is 2. The highest BCUT2D eigenvalue weighted by atomic mass is 32.1. The monoisotopic (exact) mass is 779 g/mol. The van der Waals surface area contributed by atoms with Crippen molar-refractivity contribution in [2.45, 2.75) is 91.3 Å². The lowest BCUT2D eigenvalue weighted by Gasteiger charge is -2.50. The van der Waals surface area contributed by atoms with Crippen LogP contribution in [0, 0.1) is 34.9 Å². The van der Waals surface area contributed by atoms with Crippen LogP contribution >= 0.6 is 11.3 Å². The van der Waals surface area contributed by atoms with Crippen LogP contribution in [0.15, 0.2) is 47.3 Å². The number of likely N-dealkylation sites (N-methyl/N-ethyl adjacent to an activating group) is 1. The molecule has 1 aromatic heterocycles. The van der Waals surface area contributed by atoms with Gasteiger partial charge in [-0.15, -0.1) is 11.3 Å². The number of carbonyl (C=O) groups excluding carboxylic acids is 2. The lowest BCUT2D eigenvalue weighted by atomic mass is 9.58. The lowest BCUT2D eigenvalue weighted by Crippen LogP contribution is -2.57. The molecule has 1 aliphatic carbocycles. The van der Waals surface area contributed by atoms with Gasteiger partial charge >= 0.3 is 0 Å². The predicted molar refractivity (Wildman–Crippen MR) is 218 cm³/mol. The molecule has 1 saturated heterocycles. The van der Waals surface area contributed by atoms with Gasteiger partial charge in [0, 0.05) is 79.4 Å². The Kier molecular flexibility index (Phi) is 13.8. The summed E-state index contributed by atoms with van der Waals surface area (Å²) in [5, 5.41) is 20.9. The van der Waals surface area contributed by atoms with Gasteiger partial charge in [0.25, 0.3) is 5.91 Å². The van der Waals surface area contributed by atoms with E-state index in [4.69, 9.17) is 10.6 Å². The third-order valence-corrected chi connectivity index (χ3v) is 13.1. The zero-order valence-electron chi connectivity index (χ0n) is 34.2. The molecule has 3 aromatic rings. The van der Waals surface area contributed by atoms with E-state index in [1.54, 1.807) is 42.8 Å². The lowest BCUT2D eigenvalue weighted by molar-refractivity contribution is -0.174. The second-order valence-electron chi connectivity index (χ2n) is 17.0. The number of thiazole rings is 1. The van der Waals surface area contributed by atoms with Crippen molar-refractivity contribution in [2.24, 2.45) is 34.8 Å². The van der Waals surface area contributed by atoms with E-state index in [9.17, 15) is 14.7 Å². The Morgan fingerprint density at radius 3 is 2.51 bits per heavy atom. The number of aliphatic hydroxyl groups is 1. The topological polar surface area (TPSA) is 136 Å². The molecule has 0 unspecified atom stereocenters. The minimum absolute atomic E-state index is 0.0545. The van der Waals surface area contributed by atoms with Gasteiger partial charge in [-0.3, -0.25) is 14.4 Å². The number of benzene rings is 2. The van der Waals surface area contributed by atoms with E-state index in [0.717, 1.165) is 17.8 Å². The molecule has 302 valence electrons. The molecule has 0 spiro atoms. The number of aliphatic hydroxyl groups excluding tert-OH is 1. The Labute approximate surface area is 330 Å². The molecule has 13 heteroatoms. The summed E-state index contributed by atoms with van der Waals surface area (Å²) in [6, 6.07) is 9.37. The number of aromatic nitrogens is 1. The van der Waals surface area contributed by atoms with Crippen molar-refractivity contribution >= 4 is 28.8 Å². The number of hydroxylamine groups is 2. The summed E-state index contributed by atoms with van der Waals surface area (Å²) in [7, 11) is 7.68. The Balaban J connectivity index is 1.43. The fourth-order valence-corrected chi connectivity index (χ4v) is 9.03. The minimum Gasteiger partial charge on any atom is -0.393 e. The highest BCUT2D eigenvalue weighted by Gasteiger charge is 2.51. The fourth-order valence-electron chi connectivity index (χ4n) is 8.46. The summed E-state index contributed by atoms with van der Waals surface area (Å²) >= 11 is 1.52. The number of hydrogen-bond acceptors (Lipinski definition) is 10. The van der Waals surface area contributed by atoms with Gasteiger partial charge in [-0.2, -0.15) is 5.06 Å². The summed E-state index contributed by atoms with van der Waals surface area (Å²) in [4.78, 5) is 42.7. The van der Waals surface area contributed by atoms with Crippen molar-refractivity contribution in [3.05, 3.63) is 69.9 Å². The quantitative estimate of drug-likeness (QED) is 0.175. The summed E-state index contributed by atoms with van der Waals surface area (Å²) in [6.07, 6.45) is -0.114. The highest BCUT2D eigenvalue weighted by molar-refractivity contribution is 7.07. The number of anilines is 1. The van der Waals surface area contributed by atoms with E-state index in [1.165, 1.54) is 16.4 Å². The van der Waals surface area contributed by atoms with Gasteiger partial charge < -0.3 is 31.3 Å². The molecule has 2 aromatic carbocycles. The number of nitrogens with zero attached hydrogens (tertiary/aromatic N) is 4. The van der Waals surface area contributed by atoms with Crippen molar-refractivity contribution in [3.63, 3.8) is 0 Å². The van der Waals surface area contributed by atoms with Crippen LogP contribution in [0.2, 0.25) is 0 Å². The normalized spacial score (nSPS) is 26.5. The molecular weight excluding hydrogens is 718 g/mol. The molecule has 5 N–H and O–H groups in total. The van der Waals surface area contributed by atoms with Crippen LogP contribution in [0.5, 0.6) is 0 Å². The number of carbonyl (C=O) groups is 2. The molecule has 11 nitrogen and oxygen atoms in total. The van der Waals surface area contributed by atoms with E-state index >= 15 is 4.39 Å². The summed E-state index contributed by atoms with van der Waals surface area (Å²) in [5.74, 6) is -0.633. The van der Waals surface area contributed by atoms with Gasteiger partial charge in [-0.05, 0) is 74.4 Å². The summed E-state index contributed by atoms with van der Waals surface area (Å²) in [6.45, 7) is 13.6. The summed E-state index contributed by atoms with van der Waals surface area (Å²) < 4.78 is 16.8. The van der Waals surface area contributed by atoms with E-state index < -0.39 is 30.0 Å². The van der Waals surface area contributed by atoms with Crippen molar-refractivity contribution in [1.82, 2.24) is 25.6 Å². The molecule has 2 amide bonds. The number of halogens is 1. The van der Waals surface area contributed by atoms with E-state index in [-0.39, 0.29) is 48.3 Å². The highest BCUT2D eigenvalue weighted by Crippen LogP contribution is 2.47. The minimum atomic E-state index is -0.900. The number of hydrogen-bond donors (Lipinski definition) is 4. The van der Waals surface area contributed by atoms with Crippen molar-refractivity contribution in [2.75, 3.05) is 46.2 Å². The van der Waals surface area contributed by atoms with Crippen molar-refractivity contribution in [3.8, 4) is 11.1 Å². The second-order valence-corrected chi connectivity index (χ2v) is 17.7. The predicted octanol–water partition coefficient (Wildman–Crippen LogP) is 5.18. The molecule has 2 heterocycles. The van der Waals surface area contributed by atoms with E-state index in [2.05, 4.69) is 50.2 Å². The maximum Gasteiger partial charge on any atom is 0.251 e. The fraction of sp³-hybridized carbons (Fsp3) is 0.595. The second kappa shape index (κ2) is 17.8. The first-order valence-electron chi connectivity index (χ1n) is 19.5. The number of nitrogens with two attached hydrogens (primary N) is 1. The molecule has 2 aliphatic rings. The standard InChI is InChI=1S/C42H62FN7O4S/c1-24-14-35(25(2)26(3)42(24,5)6)47-41(53)39-37(27(4)51)36(19-44)54-50(39)20-28-12-11-13-34(38(28)43)29-15-30(17-33(16-29)49(9)10)40(52)46-31(21-48(7)8)18-32-22-55-23-45-32/h11-13,15-17,22-27,31,35-37,39,51H,14,18-21,44H2,1-10H3,(H,46,52)(H,47,53)/t24-,25+,26+,27+,31+,35+,36+,37-,39+/m1/s1. The summed E-state index contributed by atoms with van der Waals surface area (Å²) in [5.41, 5.74) is 11.3. The first-order chi connectivity index (χ1) is 25.9. The van der Waals surface area contributed by atoms with Crippen LogP contribution in [0.1, 0.15) is 69.6 Å². The Hall–Kier alpha value is -3.46. The van der Waals surface area contributed by atoms with Gasteiger partial charge in [-0.1, -0.05) is 52.8 Å². The molecule has 5 rings (SSSR count). The van der Waals surface area contributed by atoms with E-state index in [0.29, 0.717) is 47.1 Å². The van der Waals surface area contributed by atoms with Crippen LogP contribution in [0.4, 0.5) is 10.1 Å². The smallest absolute Gasteiger partial charge is 0.251 e. The molecule has 0 bridgehead atoms. The Morgan fingerprint density at radius 1 is 1.16 bits per heavy atom. The number of amides is 2. The molecule has 2 fully saturated rings. The molecule has 1 aliphatic heterocycles. The third kappa shape index (κ3) is 9.57. The first-order valence-corrected chi connectivity index (χ1v) is 20.4. The third-order valence-electron chi connectivity index (χ3n) is 12.5. The zero-order chi connectivity index (χ0) is 40.4. The average molecular weight is 780 g/mol. The van der Waals surface area contributed by atoms with Crippen LogP contribution in [-0.4, -0.2) is 103 Å². The molecular formula is C42H62FN7O4S. The molecule has 1 saturated carbocycles. The van der Waals surface area contributed by atoms with Crippen LogP contribution in [0.3, 0.4) is 0 Å². The maximum atomic E-state index is 16.8. The van der Waals surface area contributed by atoms with Crippen LogP contribution in [0.25, 0.3) is 11.1 Å². The van der Waals surface area contributed by atoms with Gasteiger partial charge in [0.15, 0.2) is 0 Å². The van der Waals surface area contributed by atoms with Crippen molar-refractivity contribution < 1.29 is 23.9 Å². The number of rotatable bonds is 14. The first kappa shape index (κ1) is 42.7.